The van der Waals surface area contributed by atoms with Crippen molar-refractivity contribution in [3.05, 3.63) is 46.4 Å². The number of carbonyl (C=O) groups excluding carboxylic acids is 1. The number of halogens is 1. The summed E-state index contributed by atoms with van der Waals surface area (Å²) in [5.41, 5.74) is 1.05. The van der Waals surface area contributed by atoms with Gasteiger partial charge in [-0.15, -0.1) is 0 Å². The smallest absolute Gasteiger partial charge is 0.256 e. The normalized spacial score (nSPS) is 10.0. The van der Waals surface area contributed by atoms with E-state index in [0.29, 0.717) is 33.0 Å². The second-order valence-electron chi connectivity index (χ2n) is 4.40. The third-order valence-corrected chi connectivity index (χ3v) is 3.72. The first-order chi connectivity index (χ1) is 10.6. The van der Waals surface area contributed by atoms with E-state index in [1.807, 2.05) is 0 Å². The lowest BCUT2D eigenvalue weighted by Crippen LogP contribution is -2.13. The number of methoxy groups -OCH3 is 3. The van der Waals surface area contributed by atoms with E-state index in [-0.39, 0.29) is 5.91 Å². The number of nitrogens with one attached hydrogen (secondary N) is 1. The van der Waals surface area contributed by atoms with Gasteiger partial charge in [-0.25, -0.2) is 0 Å². The lowest BCUT2D eigenvalue weighted by molar-refractivity contribution is 0.102. The maximum Gasteiger partial charge on any atom is 0.256 e. The molecule has 2 rings (SSSR count). The molecular formula is C16H16BrNO4. The lowest BCUT2D eigenvalue weighted by atomic mass is 10.2. The van der Waals surface area contributed by atoms with Gasteiger partial charge in [0.2, 0.25) is 0 Å². The molecule has 2 aromatic rings. The predicted molar refractivity (Wildman–Crippen MR) is 88.2 cm³/mol. The third-order valence-electron chi connectivity index (χ3n) is 3.03. The summed E-state index contributed by atoms with van der Waals surface area (Å²) in [4.78, 5) is 12.4. The molecule has 0 saturated carbocycles. The Morgan fingerprint density at radius 2 is 1.50 bits per heavy atom. The number of ether oxygens (including phenoxy) is 3. The molecule has 1 amide bonds. The van der Waals surface area contributed by atoms with Crippen LogP contribution in [0.4, 0.5) is 5.69 Å². The molecule has 5 nitrogen and oxygen atoms in total. The fourth-order valence-corrected chi connectivity index (χ4v) is 2.31. The molecule has 0 fully saturated rings. The van der Waals surface area contributed by atoms with E-state index in [0.717, 1.165) is 0 Å². The third kappa shape index (κ3) is 3.71. The summed E-state index contributed by atoms with van der Waals surface area (Å²) in [6.45, 7) is 0. The Bertz CT molecular complexity index is 666. The molecule has 0 saturated heterocycles. The molecule has 0 spiro atoms. The van der Waals surface area contributed by atoms with Crippen molar-refractivity contribution in [3.8, 4) is 17.2 Å². The molecule has 2 aromatic carbocycles. The first-order valence-corrected chi connectivity index (χ1v) is 7.24. The van der Waals surface area contributed by atoms with Gasteiger partial charge in [0.05, 0.1) is 26.9 Å². The van der Waals surface area contributed by atoms with E-state index in [2.05, 4.69) is 21.2 Å². The van der Waals surface area contributed by atoms with Crippen LogP contribution in [0.5, 0.6) is 17.2 Å². The summed E-state index contributed by atoms with van der Waals surface area (Å²) in [5, 5.41) is 2.82. The zero-order chi connectivity index (χ0) is 16.1. The Hall–Kier alpha value is -2.21. The average molecular weight is 366 g/mol. The highest BCUT2D eigenvalue weighted by atomic mass is 79.9. The average Bonchev–Trinajstić information content (AvgIpc) is 2.54. The number of amides is 1. The summed E-state index contributed by atoms with van der Waals surface area (Å²) >= 11 is 3.36. The molecule has 0 aliphatic carbocycles. The molecule has 0 atom stereocenters. The molecule has 0 aliphatic heterocycles. The van der Waals surface area contributed by atoms with Crippen LogP contribution in [0.25, 0.3) is 0 Å². The van der Waals surface area contributed by atoms with Crippen LogP contribution in [0.2, 0.25) is 0 Å². The number of carbonyl (C=O) groups is 1. The van der Waals surface area contributed by atoms with Crippen LogP contribution in [0.1, 0.15) is 10.4 Å². The highest BCUT2D eigenvalue weighted by molar-refractivity contribution is 9.10. The number of rotatable bonds is 5. The minimum Gasteiger partial charge on any atom is -0.497 e. The van der Waals surface area contributed by atoms with Crippen molar-refractivity contribution < 1.29 is 19.0 Å². The number of benzene rings is 2. The Morgan fingerprint density at radius 3 is 2.05 bits per heavy atom. The quantitative estimate of drug-likeness (QED) is 0.876. The van der Waals surface area contributed by atoms with E-state index in [4.69, 9.17) is 14.2 Å². The van der Waals surface area contributed by atoms with Gasteiger partial charge in [0.25, 0.3) is 5.91 Å². The first-order valence-electron chi connectivity index (χ1n) is 6.45. The molecule has 22 heavy (non-hydrogen) atoms. The fourth-order valence-electron chi connectivity index (χ4n) is 1.88. The predicted octanol–water partition coefficient (Wildman–Crippen LogP) is 3.73. The monoisotopic (exact) mass is 365 g/mol. The van der Waals surface area contributed by atoms with Crippen molar-refractivity contribution in [1.82, 2.24) is 0 Å². The van der Waals surface area contributed by atoms with Gasteiger partial charge < -0.3 is 19.5 Å². The van der Waals surface area contributed by atoms with E-state index in [1.54, 1.807) is 57.7 Å². The molecule has 1 N–H and O–H groups in total. The topological polar surface area (TPSA) is 56.8 Å². The second kappa shape index (κ2) is 7.17. The molecule has 0 bridgehead atoms. The van der Waals surface area contributed by atoms with Gasteiger partial charge in [-0.3, -0.25) is 4.79 Å². The first kappa shape index (κ1) is 16.2. The number of anilines is 1. The highest BCUT2D eigenvalue weighted by Gasteiger charge is 2.13. The summed E-state index contributed by atoms with van der Waals surface area (Å²) in [6.07, 6.45) is 0. The van der Waals surface area contributed by atoms with Crippen LogP contribution in [-0.4, -0.2) is 27.2 Å². The van der Waals surface area contributed by atoms with Crippen LogP contribution in [-0.2, 0) is 0 Å². The van der Waals surface area contributed by atoms with Crippen molar-refractivity contribution >= 4 is 27.5 Å². The van der Waals surface area contributed by atoms with Crippen molar-refractivity contribution in [3.63, 3.8) is 0 Å². The zero-order valence-electron chi connectivity index (χ0n) is 12.5. The van der Waals surface area contributed by atoms with Gasteiger partial charge in [0, 0.05) is 28.4 Å². The number of hydrogen-bond acceptors (Lipinski definition) is 4. The summed E-state index contributed by atoms with van der Waals surface area (Å²) in [6, 6.07) is 10.4. The summed E-state index contributed by atoms with van der Waals surface area (Å²) < 4.78 is 16.2. The van der Waals surface area contributed by atoms with Crippen molar-refractivity contribution in [2.24, 2.45) is 0 Å². The Balaban J connectivity index is 2.29. The minimum atomic E-state index is -0.263. The molecule has 0 aromatic heterocycles. The van der Waals surface area contributed by atoms with E-state index in [1.165, 1.54) is 0 Å². The van der Waals surface area contributed by atoms with Crippen molar-refractivity contribution in [1.29, 1.82) is 0 Å². The van der Waals surface area contributed by atoms with Gasteiger partial charge in [0.15, 0.2) is 0 Å². The van der Waals surface area contributed by atoms with Crippen LogP contribution in [0.3, 0.4) is 0 Å². The van der Waals surface area contributed by atoms with Gasteiger partial charge in [0.1, 0.15) is 17.2 Å². The molecule has 0 unspecified atom stereocenters. The van der Waals surface area contributed by atoms with E-state index >= 15 is 0 Å². The minimum absolute atomic E-state index is 0.263. The van der Waals surface area contributed by atoms with Crippen LogP contribution < -0.4 is 19.5 Å². The standard InChI is InChI=1S/C16H16BrNO4/c1-20-11-4-5-15(17)14(9-11)16(19)18-10-6-12(21-2)8-13(7-10)22-3/h4-9H,1-3H3,(H,18,19). The number of hydrogen-bond donors (Lipinski definition) is 1. The van der Waals surface area contributed by atoms with Gasteiger partial charge >= 0.3 is 0 Å². The van der Waals surface area contributed by atoms with Crippen molar-refractivity contribution in [2.45, 2.75) is 0 Å². The fraction of sp³-hybridized carbons (Fsp3) is 0.188. The molecule has 0 heterocycles. The van der Waals surface area contributed by atoms with Gasteiger partial charge in [-0.1, -0.05) is 0 Å². The van der Waals surface area contributed by atoms with Crippen LogP contribution >= 0.6 is 15.9 Å². The second-order valence-corrected chi connectivity index (χ2v) is 5.26. The van der Waals surface area contributed by atoms with Crippen LogP contribution in [0.15, 0.2) is 40.9 Å². The maximum absolute atomic E-state index is 12.4. The van der Waals surface area contributed by atoms with Crippen molar-refractivity contribution in [2.75, 3.05) is 26.6 Å². The van der Waals surface area contributed by atoms with Gasteiger partial charge in [-0.05, 0) is 34.1 Å². The van der Waals surface area contributed by atoms with Gasteiger partial charge in [-0.2, -0.15) is 0 Å². The maximum atomic E-state index is 12.4. The Labute approximate surface area is 137 Å². The molecule has 6 heteroatoms. The lowest BCUT2D eigenvalue weighted by Gasteiger charge is -2.11. The van der Waals surface area contributed by atoms with Crippen LogP contribution in [0, 0.1) is 0 Å². The summed E-state index contributed by atoms with van der Waals surface area (Å²) in [5.74, 6) is 1.54. The Morgan fingerprint density at radius 1 is 0.909 bits per heavy atom. The molecule has 0 radical (unpaired) electrons. The largest absolute Gasteiger partial charge is 0.497 e. The Kier molecular flexibility index (Phi) is 5.27. The molecule has 116 valence electrons. The SMILES string of the molecule is COc1cc(NC(=O)c2cc(OC)ccc2Br)cc(OC)c1. The summed E-state index contributed by atoms with van der Waals surface area (Å²) in [7, 11) is 4.66. The molecule has 0 aliphatic rings. The van der Waals surface area contributed by atoms with E-state index in [9.17, 15) is 4.79 Å². The zero-order valence-corrected chi connectivity index (χ0v) is 14.1. The molecular weight excluding hydrogens is 350 g/mol. The highest BCUT2D eigenvalue weighted by Crippen LogP contribution is 2.28. The van der Waals surface area contributed by atoms with E-state index < -0.39 is 0 Å².